The molecule has 0 bridgehead atoms. The Hall–Kier alpha value is -4.41. The summed E-state index contributed by atoms with van der Waals surface area (Å²) in [6.07, 6.45) is 0.916. The first-order valence-corrected chi connectivity index (χ1v) is 12.5. The number of fused-ring (bicyclic) bond motifs is 1. The highest BCUT2D eigenvalue weighted by atomic mass is 16.7. The predicted octanol–water partition coefficient (Wildman–Crippen LogP) is 5.39. The fraction of sp³-hybridized carbons (Fsp3) is 0.370. The Morgan fingerprint density at radius 3 is 2.63 bits per heavy atom. The normalized spacial score (nSPS) is 18.6. The van der Waals surface area contributed by atoms with E-state index in [0.29, 0.717) is 24.9 Å². The van der Waals surface area contributed by atoms with Crippen LogP contribution < -0.4 is 15.4 Å². The summed E-state index contributed by atoms with van der Waals surface area (Å²) in [5.74, 6) is 1.02. The van der Waals surface area contributed by atoms with E-state index in [2.05, 4.69) is 31.4 Å². The number of nitrogens with one attached hydrogen (secondary N) is 2. The van der Waals surface area contributed by atoms with Crippen molar-refractivity contribution < 1.29 is 24.0 Å². The average molecular weight is 520 g/mol. The molecule has 1 amide bonds. The van der Waals surface area contributed by atoms with E-state index < -0.39 is 11.1 Å². The average Bonchev–Trinajstić information content (AvgIpc) is 3.58. The first kappa shape index (κ1) is 25.2. The second-order valence-corrected chi connectivity index (χ2v) is 10.6. The highest BCUT2D eigenvalue weighted by molar-refractivity contribution is 5.99. The van der Waals surface area contributed by atoms with Gasteiger partial charge in [-0.3, -0.25) is 14.9 Å². The predicted molar refractivity (Wildman–Crippen MR) is 139 cm³/mol. The standard InChI is InChI=1S/C27H29N5O6/c1-27(2,3)31-24(29-18-6-4-17-15-28-25(33)22(17)13-18)14-23(30-31)16-5-9-21(12-16)38-26(34)37-20-10-7-19(8-11-20)32(35)36/h4,6-8,10-11,13-14,16,21,29H,5,9,12,15H2,1-3H3,(H,28,33)/t16-,21+/m0/s1. The summed E-state index contributed by atoms with van der Waals surface area (Å²) in [7, 11) is 0. The van der Waals surface area contributed by atoms with Gasteiger partial charge in [0.2, 0.25) is 0 Å². The van der Waals surface area contributed by atoms with Crippen LogP contribution in [0, 0.1) is 10.1 Å². The third-order valence-electron chi connectivity index (χ3n) is 6.74. The van der Waals surface area contributed by atoms with E-state index in [1.54, 1.807) is 0 Å². The Kier molecular flexibility index (Phi) is 6.52. The third-order valence-corrected chi connectivity index (χ3v) is 6.74. The minimum atomic E-state index is -0.840. The quantitative estimate of drug-likeness (QED) is 0.191. The summed E-state index contributed by atoms with van der Waals surface area (Å²) in [4.78, 5) is 34.6. The molecule has 0 saturated heterocycles. The van der Waals surface area contributed by atoms with Gasteiger partial charge in [0, 0.05) is 41.9 Å². The Labute approximate surface area is 219 Å². The fourth-order valence-corrected chi connectivity index (χ4v) is 4.85. The number of anilines is 2. The molecule has 3 aromatic rings. The molecule has 2 atom stereocenters. The largest absolute Gasteiger partial charge is 0.514 e. The van der Waals surface area contributed by atoms with Crippen LogP contribution in [-0.4, -0.2) is 32.9 Å². The molecule has 1 saturated carbocycles. The summed E-state index contributed by atoms with van der Waals surface area (Å²) in [6.45, 7) is 6.75. The van der Waals surface area contributed by atoms with Gasteiger partial charge in [-0.1, -0.05) is 6.07 Å². The van der Waals surface area contributed by atoms with Crippen molar-refractivity contribution in [2.45, 2.75) is 64.1 Å². The number of nitro benzene ring substituents is 1. The minimum absolute atomic E-state index is 0.0715. The van der Waals surface area contributed by atoms with Crippen LogP contribution in [0.1, 0.15) is 67.6 Å². The van der Waals surface area contributed by atoms with Crippen molar-refractivity contribution in [1.29, 1.82) is 0 Å². The summed E-state index contributed by atoms with van der Waals surface area (Å²) in [6, 6.07) is 13.0. The van der Waals surface area contributed by atoms with Crippen LogP contribution in [0.2, 0.25) is 0 Å². The van der Waals surface area contributed by atoms with Gasteiger partial charge in [-0.25, -0.2) is 9.48 Å². The molecule has 5 rings (SSSR count). The number of aromatic nitrogens is 2. The smallest absolute Gasteiger partial charge is 0.431 e. The Balaban J connectivity index is 1.25. The lowest BCUT2D eigenvalue weighted by atomic mass is 10.0. The van der Waals surface area contributed by atoms with E-state index in [4.69, 9.17) is 14.6 Å². The van der Waals surface area contributed by atoms with Crippen LogP contribution in [0.3, 0.4) is 0 Å². The van der Waals surface area contributed by atoms with Crippen molar-refractivity contribution >= 4 is 29.3 Å². The second kappa shape index (κ2) is 9.81. The highest BCUT2D eigenvalue weighted by Gasteiger charge is 2.32. The van der Waals surface area contributed by atoms with Crippen molar-refractivity contribution in [3.8, 4) is 5.75 Å². The Bertz CT molecular complexity index is 1390. The molecule has 1 fully saturated rings. The molecule has 2 heterocycles. The first-order valence-electron chi connectivity index (χ1n) is 12.5. The number of carbonyl (C=O) groups excluding carboxylic acids is 2. The number of nitrogens with zero attached hydrogens (tertiary/aromatic N) is 3. The zero-order valence-electron chi connectivity index (χ0n) is 21.4. The molecule has 1 aromatic heterocycles. The molecule has 2 aliphatic rings. The first-order chi connectivity index (χ1) is 18.1. The van der Waals surface area contributed by atoms with Crippen LogP contribution in [0.15, 0.2) is 48.5 Å². The summed E-state index contributed by atoms with van der Waals surface area (Å²) in [5, 5.41) is 21.9. The van der Waals surface area contributed by atoms with E-state index in [1.807, 2.05) is 28.9 Å². The molecule has 0 radical (unpaired) electrons. The van der Waals surface area contributed by atoms with Gasteiger partial charge in [0.25, 0.3) is 11.6 Å². The van der Waals surface area contributed by atoms with Gasteiger partial charge in [-0.05, 0) is 69.9 Å². The van der Waals surface area contributed by atoms with Crippen LogP contribution in [0.5, 0.6) is 5.75 Å². The van der Waals surface area contributed by atoms with Gasteiger partial charge >= 0.3 is 6.16 Å². The van der Waals surface area contributed by atoms with E-state index >= 15 is 0 Å². The molecule has 0 unspecified atom stereocenters. The zero-order valence-corrected chi connectivity index (χ0v) is 21.4. The number of ether oxygens (including phenoxy) is 2. The molecule has 2 N–H and O–H groups in total. The van der Waals surface area contributed by atoms with Gasteiger partial charge in [0.15, 0.2) is 0 Å². The molecule has 11 nitrogen and oxygen atoms in total. The molecule has 0 spiro atoms. The van der Waals surface area contributed by atoms with E-state index in [1.165, 1.54) is 24.3 Å². The number of carbonyl (C=O) groups is 2. The lowest BCUT2D eigenvalue weighted by Gasteiger charge is -2.23. The summed E-state index contributed by atoms with van der Waals surface area (Å²) in [5.41, 5.74) is 2.98. The molecule has 1 aliphatic carbocycles. The fourth-order valence-electron chi connectivity index (χ4n) is 4.85. The van der Waals surface area contributed by atoms with Crippen molar-refractivity contribution in [1.82, 2.24) is 15.1 Å². The minimum Gasteiger partial charge on any atom is -0.431 e. The third kappa shape index (κ3) is 5.31. The molecule has 11 heteroatoms. The zero-order chi connectivity index (χ0) is 27.0. The van der Waals surface area contributed by atoms with Crippen molar-refractivity contribution in [3.63, 3.8) is 0 Å². The number of hydrogen-bond donors (Lipinski definition) is 2. The molecular weight excluding hydrogens is 490 g/mol. The van der Waals surface area contributed by atoms with E-state index in [0.717, 1.165) is 29.2 Å². The monoisotopic (exact) mass is 519 g/mol. The van der Waals surface area contributed by atoms with Gasteiger partial charge in [-0.2, -0.15) is 5.10 Å². The Morgan fingerprint density at radius 1 is 1.16 bits per heavy atom. The maximum absolute atomic E-state index is 12.3. The number of hydrogen-bond acceptors (Lipinski definition) is 8. The number of non-ortho nitro benzene ring substituents is 1. The molecule has 198 valence electrons. The maximum atomic E-state index is 12.3. The topological polar surface area (TPSA) is 138 Å². The van der Waals surface area contributed by atoms with Crippen molar-refractivity contribution in [3.05, 3.63) is 75.5 Å². The van der Waals surface area contributed by atoms with Crippen molar-refractivity contribution in [2.24, 2.45) is 0 Å². The van der Waals surface area contributed by atoms with E-state index in [-0.39, 0.29) is 34.9 Å². The van der Waals surface area contributed by atoms with Crippen LogP contribution >= 0.6 is 0 Å². The second-order valence-electron chi connectivity index (χ2n) is 10.6. The van der Waals surface area contributed by atoms with Gasteiger partial charge in [0.1, 0.15) is 17.7 Å². The molecule has 2 aromatic carbocycles. The van der Waals surface area contributed by atoms with Crippen LogP contribution in [0.4, 0.5) is 22.0 Å². The number of amides is 1. The number of nitro groups is 1. The molecular formula is C27H29N5O6. The highest BCUT2D eigenvalue weighted by Crippen LogP contribution is 2.38. The maximum Gasteiger partial charge on any atom is 0.514 e. The summed E-state index contributed by atoms with van der Waals surface area (Å²) >= 11 is 0. The molecule has 38 heavy (non-hydrogen) atoms. The lowest BCUT2D eigenvalue weighted by molar-refractivity contribution is -0.384. The number of rotatable bonds is 6. The van der Waals surface area contributed by atoms with Gasteiger partial charge in [0.05, 0.1) is 16.2 Å². The van der Waals surface area contributed by atoms with Gasteiger partial charge in [-0.15, -0.1) is 0 Å². The van der Waals surface area contributed by atoms with Crippen molar-refractivity contribution in [2.75, 3.05) is 5.32 Å². The van der Waals surface area contributed by atoms with E-state index in [9.17, 15) is 19.7 Å². The van der Waals surface area contributed by atoms with Gasteiger partial charge < -0.3 is 20.1 Å². The molecule has 1 aliphatic heterocycles. The summed E-state index contributed by atoms with van der Waals surface area (Å²) < 4.78 is 12.6. The lowest BCUT2D eigenvalue weighted by Crippen LogP contribution is -2.24. The van der Waals surface area contributed by atoms with Crippen LogP contribution in [0.25, 0.3) is 0 Å². The van der Waals surface area contributed by atoms with Crippen LogP contribution in [-0.2, 0) is 16.8 Å². The Morgan fingerprint density at radius 2 is 1.92 bits per heavy atom. The number of benzene rings is 2. The SMILES string of the molecule is CC(C)(C)n1nc([C@H]2CC[C@@H](OC(=O)Oc3ccc([N+](=O)[O-])cc3)C2)cc1Nc1ccc2c(c1)C(=O)NC2.